The second kappa shape index (κ2) is 7.14. The van der Waals surface area contributed by atoms with Gasteiger partial charge >= 0.3 is 0 Å². The van der Waals surface area contributed by atoms with E-state index in [1.165, 1.54) is 6.92 Å². The Morgan fingerprint density at radius 2 is 2.26 bits per heavy atom. The van der Waals surface area contributed by atoms with Gasteiger partial charge in [-0.2, -0.15) is 0 Å². The average Bonchev–Trinajstić information content (AvgIpc) is 3.28. The molecule has 0 unspecified atom stereocenters. The van der Waals surface area contributed by atoms with Crippen LogP contribution in [-0.4, -0.2) is 38.1 Å². The number of thioether (sulfide) groups is 1. The van der Waals surface area contributed by atoms with Crippen LogP contribution in [0.25, 0.3) is 5.69 Å². The molecule has 122 valence electrons. The van der Waals surface area contributed by atoms with Gasteiger partial charge in [0.25, 0.3) is 0 Å². The number of hydrogen-bond donors (Lipinski definition) is 2. The van der Waals surface area contributed by atoms with E-state index in [9.17, 15) is 4.79 Å². The molecule has 0 saturated heterocycles. The summed E-state index contributed by atoms with van der Waals surface area (Å²) in [7, 11) is 0. The molecule has 0 atom stereocenters. The number of hydrogen-bond acceptors (Lipinski definition) is 5. The maximum Gasteiger partial charge on any atom is 0.221 e. The Balaban J connectivity index is 1.93. The van der Waals surface area contributed by atoms with E-state index in [1.54, 1.807) is 11.8 Å². The molecule has 23 heavy (non-hydrogen) atoms. The Morgan fingerprint density at radius 1 is 1.43 bits per heavy atom. The second-order valence-electron chi connectivity index (χ2n) is 5.61. The van der Waals surface area contributed by atoms with Crippen molar-refractivity contribution in [1.29, 1.82) is 0 Å². The van der Waals surface area contributed by atoms with E-state index in [-0.39, 0.29) is 12.5 Å². The molecular formula is C16H20N4O2S. The van der Waals surface area contributed by atoms with Gasteiger partial charge in [-0.25, -0.2) is 0 Å². The van der Waals surface area contributed by atoms with Gasteiger partial charge in [0.05, 0.1) is 5.69 Å². The Kier molecular flexibility index (Phi) is 4.97. The summed E-state index contributed by atoms with van der Waals surface area (Å²) in [4.78, 5) is 11.3. The standard InChI is InChI=1S/C16H20N4O2S/c1-11(22)17-13-4-2-5-14(10-13)20-15(12-6-7-12)18-19-16(20)23-9-3-8-21/h2,4-5,10,12,21H,3,6-9H2,1H3,(H,17,22). The second-order valence-corrected chi connectivity index (χ2v) is 6.67. The first-order chi connectivity index (χ1) is 11.2. The highest BCUT2D eigenvalue weighted by molar-refractivity contribution is 7.99. The van der Waals surface area contributed by atoms with Crippen molar-refractivity contribution in [2.24, 2.45) is 0 Å². The third-order valence-electron chi connectivity index (χ3n) is 3.56. The van der Waals surface area contributed by atoms with Gasteiger partial charge in [0.15, 0.2) is 5.16 Å². The molecule has 1 aromatic carbocycles. The van der Waals surface area contributed by atoms with Gasteiger partial charge < -0.3 is 10.4 Å². The van der Waals surface area contributed by atoms with Crippen LogP contribution in [0.5, 0.6) is 0 Å². The lowest BCUT2D eigenvalue weighted by Crippen LogP contribution is -2.07. The molecule has 6 nitrogen and oxygen atoms in total. The zero-order chi connectivity index (χ0) is 16.2. The zero-order valence-corrected chi connectivity index (χ0v) is 13.8. The number of anilines is 1. The first-order valence-electron chi connectivity index (χ1n) is 7.76. The van der Waals surface area contributed by atoms with Gasteiger partial charge in [0, 0.05) is 30.9 Å². The molecule has 0 aliphatic heterocycles. The molecule has 1 saturated carbocycles. The lowest BCUT2D eigenvalue weighted by molar-refractivity contribution is -0.114. The van der Waals surface area contributed by atoms with Crippen LogP contribution in [0.15, 0.2) is 29.4 Å². The normalized spacial score (nSPS) is 14.0. The minimum absolute atomic E-state index is 0.0918. The fourth-order valence-corrected chi connectivity index (χ4v) is 3.26. The summed E-state index contributed by atoms with van der Waals surface area (Å²) in [6.45, 7) is 1.67. The number of aliphatic hydroxyl groups excluding tert-OH is 1. The van der Waals surface area contributed by atoms with E-state index >= 15 is 0 Å². The lowest BCUT2D eigenvalue weighted by Gasteiger charge is -2.11. The number of amides is 1. The van der Waals surface area contributed by atoms with E-state index in [2.05, 4.69) is 20.1 Å². The van der Waals surface area contributed by atoms with Gasteiger partial charge in [0.1, 0.15) is 5.82 Å². The van der Waals surface area contributed by atoms with E-state index in [0.717, 1.165) is 47.4 Å². The Bertz CT molecular complexity index is 697. The van der Waals surface area contributed by atoms with Crippen molar-refractivity contribution in [3.05, 3.63) is 30.1 Å². The molecular weight excluding hydrogens is 312 g/mol. The number of carbonyl (C=O) groups excluding carboxylic acids is 1. The maximum atomic E-state index is 11.3. The first-order valence-corrected chi connectivity index (χ1v) is 8.74. The summed E-state index contributed by atoms with van der Waals surface area (Å²) in [5, 5.41) is 21.3. The highest BCUT2D eigenvalue weighted by atomic mass is 32.2. The van der Waals surface area contributed by atoms with Crippen LogP contribution in [0.1, 0.15) is 37.9 Å². The molecule has 1 aliphatic rings. The van der Waals surface area contributed by atoms with Crippen molar-refractivity contribution in [3.63, 3.8) is 0 Å². The predicted molar refractivity (Wildman–Crippen MR) is 90.1 cm³/mol. The van der Waals surface area contributed by atoms with Gasteiger partial charge in [-0.05, 0) is 37.5 Å². The number of carbonyl (C=O) groups is 1. The van der Waals surface area contributed by atoms with Crippen LogP contribution in [0.4, 0.5) is 5.69 Å². The fraction of sp³-hybridized carbons (Fsp3) is 0.438. The molecule has 7 heteroatoms. The van der Waals surface area contributed by atoms with E-state index < -0.39 is 0 Å². The Hall–Kier alpha value is -1.86. The number of aromatic nitrogens is 3. The summed E-state index contributed by atoms with van der Waals surface area (Å²) in [5.74, 6) is 2.16. The minimum atomic E-state index is -0.0918. The highest BCUT2D eigenvalue weighted by Crippen LogP contribution is 2.41. The van der Waals surface area contributed by atoms with Gasteiger partial charge in [-0.3, -0.25) is 9.36 Å². The van der Waals surface area contributed by atoms with Crippen molar-refractivity contribution in [2.45, 2.75) is 37.3 Å². The minimum Gasteiger partial charge on any atom is -0.396 e. The molecule has 1 aromatic heterocycles. The molecule has 2 aromatic rings. The van der Waals surface area contributed by atoms with E-state index in [4.69, 9.17) is 5.11 Å². The van der Waals surface area contributed by atoms with E-state index in [1.807, 2.05) is 24.3 Å². The third-order valence-corrected chi connectivity index (χ3v) is 4.57. The van der Waals surface area contributed by atoms with Crippen molar-refractivity contribution >= 4 is 23.4 Å². The van der Waals surface area contributed by atoms with Crippen molar-refractivity contribution < 1.29 is 9.90 Å². The smallest absolute Gasteiger partial charge is 0.221 e. The van der Waals surface area contributed by atoms with Gasteiger partial charge in [0.2, 0.25) is 5.91 Å². The Labute approximate surface area is 139 Å². The van der Waals surface area contributed by atoms with Crippen LogP contribution < -0.4 is 5.32 Å². The zero-order valence-electron chi connectivity index (χ0n) is 13.0. The lowest BCUT2D eigenvalue weighted by atomic mass is 10.2. The summed E-state index contributed by atoms with van der Waals surface area (Å²) < 4.78 is 2.07. The van der Waals surface area contributed by atoms with Crippen LogP contribution >= 0.6 is 11.8 Å². The number of aliphatic hydroxyl groups is 1. The van der Waals surface area contributed by atoms with Gasteiger partial charge in [-0.1, -0.05) is 17.8 Å². The molecule has 1 heterocycles. The summed E-state index contributed by atoms with van der Waals surface area (Å²) in [5.41, 5.74) is 1.71. The summed E-state index contributed by atoms with van der Waals surface area (Å²) in [6, 6.07) is 7.72. The van der Waals surface area contributed by atoms with Crippen molar-refractivity contribution in [2.75, 3.05) is 17.7 Å². The number of benzene rings is 1. The molecule has 0 spiro atoms. The largest absolute Gasteiger partial charge is 0.396 e. The quantitative estimate of drug-likeness (QED) is 0.602. The molecule has 3 rings (SSSR count). The Morgan fingerprint density at radius 3 is 2.96 bits per heavy atom. The SMILES string of the molecule is CC(=O)Nc1cccc(-n2c(SCCCO)nnc2C2CC2)c1. The molecule has 1 amide bonds. The van der Waals surface area contributed by atoms with Gasteiger partial charge in [-0.15, -0.1) is 10.2 Å². The number of nitrogens with zero attached hydrogens (tertiary/aromatic N) is 3. The first kappa shape index (κ1) is 16.0. The van der Waals surface area contributed by atoms with Crippen LogP contribution in [0, 0.1) is 0 Å². The topological polar surface area (TPSA) is 80.0 Å². The maximum absolute atomic E-state index is 11.3. The van der Waals surface area contributed by atoms with Crippen LogP contribution in [0.3, 0.4) is 0 Å². The monoisotopic (exact) mass is 332 g/mol. The van der Waals surface area contributed by atoms with Crippen LogP contribution in [0.2, 0.25) is 0 Å². The fourth-order valence-electron chi connectivity index (χ4n) is 2.38. The van der Waals surface area contributed by atoms with Crippen molar-refractivity contribution in [3.8, 4) is 5.69 Å². The van der Waals surface area contributed by atoms with Crippen LogP contribution in [-0.2, 0) is 4.79 Å². The molecule has 0 radical (unpaired) electrons. The number of rotatable bonds is 7. The van der Waals surface area contributed by atoms with E-state index in [0.29, 0.717) is 5.92 Å². The predicted octanol–water partition coefficient (Wildman–Crippen LogP) is 2.58. The number of nitrogens with one attached hydrogen (secondary N) is 1. The third kappa shape index (κ3) is 3.92. The van der Waals surface area contributed by atoms with Crippen molar-refractivity contribution in [1.82, 2.24) is 14.8 Å². The molecule has 1 fully saturated rings. The highest BCUT2D eigenvalue weighted by Gasteiger charge is 2.31. The average molecular weight is 332 g/mol. The summed E-state index contributed by atoms with van der Waals surface area (Å²) >= 11 is 1.59. The molecule has 2 N–H and O–H groups in total. The molecule has 1 aliphatic carbocycles. The molecule has 0 bridgehead atoms. The summed E-state index contributed by atoms with van der Waals surface area (Å²) in [6.07, 6.45) is 3.01.